The van der Waals surface area contributed by atoms with E-state index in [1.807, 2.05) is 79.7 Å². The minimum atomic E-state index is -1.17. The van der Waals surface area contributed by atoms with Crippen LogP contribution in [0.25, 0.3) is 10.9 Å². The molecule has 54 heavy (non-hydrogen) atoms. The first kappa shape index (κ1) is 43.9. The Morgan fingerprint density at radius 2 is 1.37 bits per heavy atom. The predicted octanol–water partition coefficient (Wildman–Crippen LogP) is 3.24. The van der Waals surface area contributed by atoms with Crippen LogP contribution in [-0.4, -0.2) is 93.3 Å². The first-order valence-electron chi connectivity index (χ1n) is 19.5. The normalized spacial score (nSPS) is 18.4. The Kier molecular flexibility index (Phi) is 16.5. The van der Waals surface area contributed by atoms with E-state index >= 15 is 0 Å². The molecule has 0 aliphatic carbocycles. The van der Waals surface area contributed by atoms with E-state index in [1.165, 1.54) is 4.90 Å². The summed E-state index contributed by atoms with van der Waals surface area (Å²) in [6, 6.07) is 1.58. The molecule has 8 N–H and O–H groups in total. The maximum absolute atomic E-state index is 14.3. The molecular formula is C40H63N7O7. The number of aromatic nitrogens is 1. The van der Waals surface area contributed by atoms with Crippen molar-refractivity contribution >= 4 is 46.4 Å². The van der Waals surface area contributed by atoms with Gasteiger partial charge in [-0.3, -0.25) is 24.0 Å². The number of benzene rings is 1. The molecule has 1 aliphatic heterocycles. The van der Waals surface area contributed by atoms with Gasteiger partial charge in [0.1, 0.15) is 30.2 Å². The van der Waals surface area contributed by atoms with E-state index in [2.05, 4.69) is 26.3 Å². The zero-order valence-corrected chi connectivity index (χ0v) is 33.2. The van der Waals surface area contributed by atoms with Crippen LogP contribution < -0.4 is 27.0 Å². The molecule has 3 rings (SSSR count). The highest BCUT2D eigenvalue weighted by Crippen LogP contribution is 2.23. The molecule has 1 aromatic carbocycles. The molecule has 2 heterocycles. The maximum atomic E-state index is 14.3. The Balaban J connectivity index is 1.94. The fraction of sp³-hybridized carbons (Fsp3) is 0.650. The average molecular weight is 754 g/mol. The van der Waals surface area contributed by atoms with E-state index < -0.39 is 71.8 Å². The third-order valence-electron chi connectivity index (χ3n) is 10.5. The van der Waals surface area contributed by atoms with Gasteiger partial charge in [0.25, 0.3) is 0 Å². The Labute approximate surface area is 319 Å². The molecule has 1 aromatic heterocycles. The SMILES string of the molecule is CC[C@H](C)[C@H](NC(=O)[C@H](CC(C)C)NC(=O)[C@@H](N)CC(C)C)C(=O)N[C@@H](Cc1c[nH]c2ccccc12)C(=O)N[C@H](C(=O)N1CCC[C@H]1C(=O)O)[C@@H](C)CC. The Morgan fingerprint density at radius 1 is 0.796 bits per heavy atom. The smallest absolute Gasteiger partial charge is 0.326 e. The summed E-state index contributed by atoms with van der Waals surface area (Å²) in [4.78, 5) is 85.8. The van der Waals surface area contributed by atoms with E-state index in [0.717, 1.165) is 16.5 Å². The molecule has 1 fully saturated rings. The largest absolute Gasteiger partial charge is 0.480 e. The van der Waals surface area contributed by atoms with Gasteiger partial charge in [-0.25, -0.2) is 4.79 Å². The number of hydrogen-bond donors (Lipinski definition) is 7. The number of nitrogens with two attached hydrogens (primary N) is 1. The summed E-state index contributed by atoms with van der Waals surface area (Å²) < 4.78 is 0. The highest BCUT2D eigenvalue weighted by molar-refractivity contribution is 5.97. The minimum absolute atomic E-state index is 0.0370. The van der Waals surface area contributed by atoms with Crippen LogP contribution in [0.15, 0.2) is 30.5 Å². The van der Waals surface area contributed by atoms with Crippen molar-refractivity contribution in [2.45, 2.75) is 137 Å². The number of hydrogen-bond acceptors (Lipinski definition) is 7. The molecular weight excluding hydrogens is 690 g/mol. The van der Waals surface area contributed by atoms with Crippen LogP contribution in [0.1, 0.15) is 99.5 Å². The molecule has 0 radical (unpaired) electrons. The van der Waals surface area contributed by atoms with Crippen LogP contribution in [0, 0.1) is 23.7 Å². The number of amides is 5. The lowest BCUT2D eigenvalue weighted by atomic mass is 9.95. The lowest BCUT2D eigenvalue weighted by Gasteiger charge is -2.32. The van der Waals surface area contributed by atoms with Crippen molar-refractivity contribution in [1.29, 1.82) is 0 Å². The molecule has 300 valence electrons. The topological polar surface area (TPSA) is 216 Å². The lowest BCUT2D eigenvalue weighted by Crippen LogP contribution is -2.61. The lowest BCUT2D eigenvalue weighted by molar-refractivity contribution is -0.150. The number of carboxylic acids is 1. The summed E-state index contributed by atoms with van der Waals surface area (Å²) in [7, 11) is 0. The van der Waals surface area contributed by atoms with Gasteiger partial charge in [0.2, 0.25) is 29.5 Å². The van der Waals surface area contributed by atoms with E-state index in [9.17, 15) is 33.9 Å². The van der Waals surface area contributed by atoms with Crippen molar-refractivity contribution < 1.29 is 33.9 Å². The number of rotatable bonds is 20. The number of carboxylic acid groups (broad SMARTS) is 1. The number of nitrogens with zero attached hydrogens (tertiary/aromatic N) is 1. The third-order valence-corrected chi connectivity index (χ3v) is 10.5. The molecule has 2 aromatic rings. The number of carbonyl (C=O) groups excluding carboxylic acids is 5. The first-order valence-corrected chi connectivity index (χ1v) is 19.5. The second-order valence-electron chi connectivity index (χ2n) is 15.8. The van der Waals surface area contributed by atoms with E-state index in [4.69, 9.17) is 5.73 Å². The molecule has 14 heteroatoms. The van der Waals surface area contributed by atoms with Gasteiger partial charge in [-0.1, -0.05) is 86.4 Å². The van der Waals surface area contributed by atoms with Gasteiger partial charge < -0.3 is 42.0 Å². The number of aliphatic carboxylic acids is 1. The van der Waals surface area contributed by atoms with Crippen molar-refractivity contribution in [2.75, 3.05) is 6.54 Å². The van der Waals surface area contributed by atoms with Crippen molar-refractivity contribution in [3.63, 3.8) is 0 Å². The molecule has 0 spiro atoms. The summed E-state index contributed by atoms with van der Waals surface area (Å²) in [6.07, 6.45) is 4.51. The summed E-state index contributed by atoms with van der Waals surface area (Å²) in [5.41, 5.74) is 7.73. The van der Waals surface area contributed by atoms with Crippen LogP contribution >= 0.6 is 0 Å². The van der Waals surface area contributed by atoms with Gasteiger partial charge >= 0.3 is 5.97 Å². The standard InChI is InChI=1S/C40H63N7O7/c1-9-24(7)33(45-36(49)30(19-23(5)6)43-35(48)28(41)18-22(3)4)38(51)44-31(20-26-21-42-29-15-12-11-14-27(26)29)37(50)46-34(25(8)10-2)39(52)47-17-13-16-32(47)40(53)54/h11-12,14-15,21-25,28,30-34,42H,9-10,13,16-20,41H2,1-8H3,(H,43,48)(H,44,51)(H,45,49)(H,46,50)(H,53,54)/t24-,25-,28-,30-,31-,32-,33-,34-/m0/s1. The van der Waals surface area contributed by atoms with Gasteiger partial charge in [0.05, 0.1) is 6.04 Å². The molecule has 5 amide bonds. The fourth-order valence-electron chi connectivity index (χ4n) is 6.95. The molecule has 1 aliphatic rings. The number of carbonyl (C=O) groups is 6. The van der Waals surface area contributed by atoms with Crippen molar-refractivity contribution in [2.24, 2.45) is 29.4 Å². The Bertz CT molecular complexity index is 1610. The Hall–Kier alpha value is -4.46. The molecule has 1 saturated heterocycles. The predicted molar refractivity (Wildman–Crippen MR) is 208 cm³/mol. The number of aromatic amines is 1. The van der Waals surface area contributed by atoms with Crippen LogP contribution in [0.2, 0.25) is 0 Å². The molecule has 0 bridgehead atoms. The van der Waals surface area contributed by atoms with Crippen LogP contribution in [0.3, 0.4) is 0 Å². The summed E-state index contributed by atoms with van der Waals surface area (Å²) in [5.74, 6) is -4.24. The third kappa shape index (κ3) is 11.8. The fourth-order valence-corrected chi connectivity index (χ4v) is 6.95. The van der Waals surface area contributed by atoms with Gasteiger partial charge in [-0.05, 0) is 61.0 Å². The van der Waals surface area contributed by atoms with Crippen LogP contribution in [-0.2, 0) is 35.2 Å². The number of nitrogens with one attached hydrogen (secondary N) is 5. The van der Waals surface area contributed by atoms with Crippen molar-refractivity contribution in [3.05, 3.63) is 36.0 Å². The summed E-state index contributed by atoms with van der Waals surface area (Å²) in [6.45, 7) is 15.4. The van der Waals surface area contributed by atoms with Crippen LogP contribution in [0.5, 0.6) is 0 Å². The van der Waals surface area contributed by atoms with Gasteiger partial charge in [-0.15, -0.1) is 0 Å². The van der Waals surface area contributed by atoms with E-state index in [-0.39, 0.29) is 36.6 Å². The highest BCUT2D eigenvalue weighted by Gasteiger charge is 2.40. The maximum Gasteiger partial charge on any atom is 0.326 e. The summed E-state index contributed by atoms with van der Waals surface area (Å²) in [5, 5.41) is 22.1. The first-order chi connectivity index (χ1) is 25.5. The Morgan fingerprint density at radius 3 is 1.98 bits per heavy atom. The molecule has 14 nitrogen and oxygen atoms in total. The van der Waals surface area contributed by atoms with Gasteiger partial charge in [-0.2, -0.15) is 0 Å². The molecule has 8 atom stereocenters. The number of likely N-dealkylation sites (tertiary alicyclic amines) is 1. The van der Waals surface area contributed by atoms with E-state index in [1.54, 1.807) is 6.20 Å². The van der Waals surface area contributed by atoms with Crippen LogP contribution in [0.4, 0.5) is 0 Å². The number of para-hydroxylation sites is 1. The van der Waals surface area contributed by atoms with Crippen molar-refractivity contribution in [3.8, 4) is 0 Å². The van der Waals surface area contributed by atoms with Gasteiger partial charge in [0.15, 0.2) is 0 Å². The second-order valence-corrected chi connectivity index (χ2v) is 15.8. The van der Waals surface area contributed by atoms with Gasteiger partial charge in [0, 0.05) is 30.1 Å². The number of fused-ring (bicyclic) bond motifs is 1. The zero-order chi connectivity index (χ0) is 40.3. The van der Waals surface area contributed by atoms with Crippen molar-refractivity contribution in [1.82, 2.24) is 31.2 Å². The average Bonchev–Trinajstić information content (AvgIpc) is 3.78. The summed E-state index contributed by atoms with van der Waals surface area (Å²) >= 11 is 0. The quantitative estimate of drug-likeness (QED) is 0.106. The highest BCUT2D eigenvalue weighted by atomic mass is 16.4. The zero-order valence-electron chi connectivity index (χ0n) is 33.2. The monoisotopic (exact) mass is 753 g/mol. The molecule has 0 unspecified atom stereocenters. The molecule has 0 saturated carbocycles. The number of H-pyrrole nitrogens is 1. The second kappa shape index (κ2) is 20.3. The minimum Gasteiger partial charge on any atom is -0.480 e. The van der Waals surface area contributed by atoms with E-state index in [0.29, 0.717) is 38.5 Å².